The number of hydrogen-bond acceptors (Lipinski definition) is 1. The number of fused-ring (bicyclic) bond motifs is 1. The summed E-state index contributed by atoms with van der Waals surface area (Å²) in [5, 5.41) is 2.01. The third-order valence-corrected chi connectivity index (χ3v) is 4.07. The van der Waals surface area contributed by atoms with Crippen molar-refractivity contribution in [1.82, 2.24) is 4.57 Å². The number of benzene rings is 2. The fourth-order valence-corrected chi connectivity index (χ4v) is 3.01. The molecule has 0 amide bonds. The first-order valence-electron chi connectivity index (χ1n) is 7.12. The highest BCUT2D eigenvalue weighted by atomic mass is 35.5. The minimum absolute atomic E-state index is 0.734. The Morgan fingerprint density at radius 3 is 2.71 bits per heavy atom. The number of halogens is 1. The third kappa shape index (κ3) is 2.64. The van der Waals surface area contributed by atoms with Crippen LogP contribution in [0.1, 0.15) is 18.1 Å². The van der Waals surface area contributed by atoms with Gasteiger partial charge in [-0.1, -0.05) is 36.7 Å². The lowest BCUT2D eigenvalue weighted by molar-refractivity contribution is 0.408. The van der Waals surface area contributed by atoms with Gasteiger partial charge in [-0.2, -0.15) is 0 Å². The second-order valence-corrected chi connectivity index (χ2v) is 5.54. The minimum atomic E-state index is 0.734. The highest BCUT2D eigenvalue weighted by molar-refractivity contribution is 6.30. The Labute approximate surface area is 129 Å². The average Bonchev–Trinajstić information content (AvgIpc) is 2.91. The highest BCUT2D eigenvalue weighted by Crippen LogP contribution is 2.27. The quantitative estimate of drug-likeness (QED) is 0.667. The highest BCUT2D eigenvalue weighted by Gasteiger charge is 2.09. The largest absolute Gasteiger partial charge is 0.496 e. The van der Waals surface area contributed by atoms with Gasteiger partial charge in [0, 0.05) is 16.8 Å². The van der Waals surface area contributed by atoms with E-state index < -0.39 is 0 Å². The van der Waals surface area contributed by atoms with Gasteiger partial charge in [0.15, 0.2) is 0 Å². The fourth-order valence-electron chi connectivity index (χ4n) is 2.81. The van der Waals surface area contributed by atoms with Crippen LogP contribution in [-0.4, -0.2) is 11.7 Å². The summed E-state index contributed by atoms with van der Waals surface area (Å²) in [6.07, 6.45) is 3.15. The number of nitrogens with zero attached hydrogens (tertiary/aromatic N) is 1. The minimum Gasteiger partial charge on any atom is -0.496 e. The fraction of sp³-hybridized carbons (Fsp3) is 0.222. The molecule has 0 aliphatic rings. The first-order valence-corrected chi connectivity index (χ1v) is 7.50. The first-order chi connectivity index (χ1) is 10.2. The summed E-state index contributed by atoms with van der Waals surface area (Å²) in [6.45, 7) is 2.94. The Balaban J connectivity index is 2.08. The second-order valence-electron chi connectivity index (χ2n) is 5.11. The number of para-hydroxylation sites is 1. The van der Waals surface area contributed by atoms with Crippen molar-refractivity contribution < 1.29 is 4.74 Å². The predicted molar refractivity (Wildman–Crippen MR) is 88.4 cm³/mol. The topological polar surface area (TPSA) is 14.2 Å². The molecule has 3 aromatic rings. The lowest BCUT2D eigenvalue weighted by Gasteiger charge is -2.12. The molecular weight excluding hydrogens is 282 g/mol. The van der Waals surface area contributed by atoms with Crippen molar-refractivity contribution in [3.05, 3.63) is 64.8 Å². The molecule has 0 spiro atoms. The Bertz CT molecular complexity index is 776. The van der Waals surface area contributed by atoms with Crippen molar-refractivity contribution >= 4 is 22.5 Å². The normalized spacial score (nSPS) is 11.0. The van der Waals surface area contributed by atoms with Gasteiger partial charge in [0.2, 0.25) is 0 Å². The molecule has 0 unspecified atom stereocenters. The van der Waals surface area contributed by atoms with Crippen molar-refractivity contribution in [3.63, 3.8) is 0 Å². The second kappa shape index (κ2) is 5.82. The zero-order valence-corrected chi connectivity index (χ0v) is 13.0. The lowest BCUT2D eigenvalue weighted by Crippen LogP contribution is -2.02. The average molecular weight is 300 g/mol. The zero-order valence-electron chi connectivity index (χ0n) is 12.3. The molecule has 21 heavy (non-hydrogen) atoms. The molecule has 108 valence electrons. The van der Waals surface area contributed by atoms with Crippen molar-refractivity contribution in [2.75, 3.05) is 7.11 Å². The van der Waals surface area contributed by atoms with E-state index in [4.69, 9.17) is 16.3 Å². The van der Waals surface area contributed by atoms with Crippen LogP contribution in [0.15, 0.2) is 48.7 Å². The summed E-state index contributed by atoms with van der Waals surface area (Å²) in [5.74, 6) is 0.871. The van der Waals surface area contributed by atoms with Crippen LogP contribution in [0.4, 0.5) is 0 Å². The zero-order chi connectivity index (χ0) is 14.8. The van der Waals surface area contributed by atoms with Crippen LogP contribution < -0.4 is 4.74 Å². The third-order valence-electron chi connectivity index (χ3n) is 3.84. The van der Waals surface area contributed by atoms with Gasteiger partial charge in [-0.05, 0) is 41.6 Å². The maximum absolute atomic E-state index is 6.13. The van der Waals surface area contributed by atoms with Gasteiger partial charge in [0.1, 0.15) is 5.75 Å². The molecule has 1 aromatic heterocycles. The molecule has 0 N–H and O–H groups in total. The molecule has 2 aromatic carbocycles. The van der Waals surface area contributed by atoms with Gasteiger partial charge in [0.05, 0.1) is 19.2 Å². The van der Waals surface area contributed by atoms with Crippen molar-refractivity contribution in [3.8, 4) is 5.75 Å². The van der Waals surface area contributed by atoms with Gasteiger partial charge < -0.3 is 9.30 Å². The lowest BCUT2D eigenvalue weighted by atomic mass is 10.1. The van der Waals surface area contributed by atoms with Crippen LogP contribution in [0.2, 0.25) is 5.02 Å². The van der Waals surface area contributed by atoms with E-state index >= 15 is 0 Å². The van der Waals surface area contributed by atoms with Crippen LogP contribution in [0.3, 0.4) is 0 Å². The summed E-state index contributed by atoms with van der Waals surface area (Å²) in [7, 11) is 1.69. The summed E-state index contributed by atoms with van der Waals surface area (Å²) in [4.78, 5) is 0. The Hall–Kier alpha value is -1.93. The molecule has 2 nitrogen and oxygen atoms in total. The van der Waals surface area contributed by atoms with E-state index in [1.165, 1.54) is 16.5 Å². The maximum atomic E-state index is 6.13. The maximum Gasteiger partial charge on any atom is 0.123 e. The van der Waals surface area contributed by atoms with Gasteiger partial charge >= 0.3 is 0 Å². The van der Waals surface area contributed by atoms with E-state index in [2.05, 4.69) is 42.0 Å². The molecule has 3 heteroatoms. The van der Waals surface area contributed by atoms with E-state index in [0.717, 1.165) is 29.3 Å². The standard InChI is InChI=1S/C18H18ClNO/c1-3-13-5-4-6-14-9-10-20(18(13)14)12-15-11-16(19)7-8-17(15)21-2/h4-11H,3,12H2,1-2H3. The Morgan fingerprint density at radius 2 is 1.95 bits per heavy atom. The van der Waals surface area contributed by atoms with Crippen molar-refractivity contribution in [1.29, 1.82) is 0 Å². The van der Waals surface area contributed by atoms with E-state index in [1.807, 2.05) is 18.2 Å². The molecule has 1 heterocycles. The van der Waals surface area contributed by atoms with E-state index in [1.54, 1.807) is 7.11 Å². The summed E-state index contributed by atoms with van der Waals surface area (Å²) >= 11 is 6.13. The number of methoxy groups -OCH3 is 1. The summed E-state index contributed by atoms with van der Waals surface area (Å²) in [6, 6.07) is 14.4. The van der Waals surface area contributed by atoms with Crippen LogP contribution >= 0.6 is 11.6 Å². The molecule has 0 atom stereocenters. The van der Waals surface area contributed by atoms with Gasteiger partial charge in [0.25, 0.3) is 0 Å². The van der Waals surface area contributed by atoms with Crippen molar-refractivity contribution in [2.45, 2.75) is 19.9 Å². The Morgan fingerprint density at radius 1 is 1.10 bits per heavy atom. The Kier molecular flexibility index (Phi) is 3.89. The van der Waals surface area contributed by atoms with Gasteiger partial charge in [-0.3, -0.25) is 0 Å². The van der Waals surface area contributed by atoms with Crippen molar-refractivity contribution in [2.24, 2.45) is 0 Å². The van der Waals surface area contributed by atoms with Crippen LogP contribution in [0.25, 0.3) is 10.9 Å². The van der Waals surface area contributed by atoms with Crippen LogP contribution in [-0.2, 0) is 13.0 Å². The van der Waals surface area contributed by atoms with Gasteiger partial charge in [-0.25, -0.2) is 0 Å². The first kappa shape index (κ1) is 14.0. The number of rotatable bonds is 4. The molecule has 0 fully saturated rings. The van der Waals surface area contributed by atoms with E-state index in [0.29, 0.717) is 0 Å². The SMILES string of the molecule is CCc1cccc2ccn(Cc3cc(Cl)ccc3OC)c12. The summed E-state index contributed by atoms with van der Waals surface area (Å²) < 4.78 is 7.71. The smallest absolute Gasteiger partial charge is 0.123 e. The van der Waals surface area contributed by atoms with Crippen LogP contribution in [0, 0.1) is 0 Å². The molecule has 0 bridgehead atoms. The number of hydrogen-bond donors (Lipinski definition) is 0. The number of aromatic nitrogens is 1. The van der Waals surface area contributed by atoms with Crippen LogP contribution in [0.5, 0.6) is 5.75 Å². The number of aryl methyl sites for hydroxylation is 1. The molecule has 0 aliphatic carbocycles. The predicted octanol–water partition coefficient (Wildman–Crippen LogP) is 4.91. The van der Waals surface area contributed by atoms with E-state index in [-0.39, 0.29) is 0 Å². The number of ether oxygens (including phenoxy) is 1. The van der Waals surface area contributed by atoms with E-state index in [9.17, 15) is 0 Å². The molecular formula is C18H18ClNO. The molecule has 0 saturated heterocycles. The van der Waals surface area contributed by atoms with Gasteiger partial charge in [-0.15, -0.1) is 0 Å². The molecule has 0 aliphatic heterocycles. The molecule has 0 radical (unpaired) electrons. The molecule has 3 rings (SSSR count). The monoisotopic (exact) mass is 299 g/mol. The summed E-state index contributed by atoms with van der Waals surface area (Å²) in [5.41, 5.74) is 3.74. The molecule has 0 saturated carbocycles.